The molecule has 0 aliphatic rings. The Hall–Kier alpha value is -2.82. The molecule has 4 N–H and O–H groups in total. The van der Waals surface area contributed by atoms with Gasteiger partial charge in [-0.15, -0.1) is 0 Å². The van der Waals surface area contributed by atoms with E-state index in [2.05, 4.69) is 30.5 Å². The zero-order valence-corrected chi connectivity index (χ0v) is 13.9. The SMILES string of the molecule is C=C(C)c1cnn2c(N)c(-c3ccc(N)cc3)cnc12.CCC. The topological polar surface area (TPSA) is 82.2 Å². The molecule has 0 unspecified atom stereocenters. The second-order valence-corrected chi connectivity index (χ2v) is 5.46. The Labute approximate surface area is 136 Å². The minimum atomic E-state index is 0.548. The molecular formula is C18H23N5. The summed E-state index contributed by atoms with van der Waals surface area (Å²) in [7, 11) is 0. The van der Waals surface area contributed by atoms with Crippen LogP contribution < -0.4 is 11.5 Å². The number of hydrogen-bond acceptors (Lipinski definition) is 4. The predicted molar refractivity (Wildman–Crippen MR) is 97.9 cm³/mol. The molecule has 0 amide bonds. The van der Waals surface area contributed by atoms with Crippen LogP contribution in [-0.4, -0.2) is 14.6 Å². The van der Waals surface area contributed by atoms with Crippen molar-refractivity contribution in [3.63, 3.8) is 0 Å². The molecule has 0 atom stereocenters. The molecule has 0 saturated heterocycles. The van der Waals surface area contributed by atoms with Crippen LogP contribution in [0.2, 0.25) is 0 Å². The number of nitrogen functional groups attached to an aromatic ring is 2. The highest BCUT2D eigenvalue weighted by atomic mass is 15.3. The number of aromatic nitrogens is 3. The summed E-state index contributed by atoms with van der Waals surface area (Å²) in [4.78, 5) is 4.45. The zero-order chi connectivity index (χ0) is 17.0. The van der Waals surface area contributed by atoms with Crippen molar-refractivity contribution in [3.05, 3.63) is 48.8 Å². The van der Waals surface area contributed by atoms with E-state index in [4.69, 9.17) is 11.5 Å². The zero-order valence-electron chi connectivity index (χ0n) is 13.9. The Morgan fingerprint density at radius 3 is 2.30 bits per heavy atom. The lowest BCUT2D eigenvalue weighted by molar-refractivity contribution is 0.954. The molecule has 5 heteroatoms. The number of rotatable bonds is 2. The van der Waals surface area contributed by atoms with Crippen LogP contribution in [0.25, 0.3) is 22.3 Å². The number of anilines is 2. The maximum Gasteiger partial charge on any atom is 0.164 e. The summed E-state index contributed by atoms with van der Waals surface area (Å²) in [6.07, 6.45) is 4.73. The van der Waals surface area contributed by atoms with Gasteiger partial charge in [-0.1, -0.05) is 39.0 Å². The molecule has 0 radical (unpaired) electrons. The van der Waals surface area contributed by atoms with E-state index in [1.165, 1.54) is 6.42 Å². The van der Waals surface area contributed by atoms with Gasteiger partial charge in [0.05, 0.1) is 6.20 Å². The Morgan fingerprint density at radius 2 is 1.74 bits per heavy atom. The van der Waals surface area contributed by atoms with Gasteiger partial charge in [-0.2, -0.15) is 9.61 Å². The van der Waals surface area contributed by atoms with Crippen molar-refractivity contribution in [2.45, 2.75) is 27.2 Å². The number of fused-ring (bicyclic) bond motifs is 1. The fraction of sp³-hybridized carbons (Fsp3) is 0.222. The number of hydrogen-bond donors (Lipinski definition) is 2. The fourth-order valence-corrected chi connectivity index (χ4v) is 2.13. The smallest absolute Gasteiger partial charge is 0.164 e. The summed E-state index contributed by atoms with van der Waals surface area (Å²) in [5.74, 6) is 0.548. The molecular weight excluding hydrogens is 286 g/mol. The van der Waals surface area contributed by atoms with Gasteiger partial charge in [0.15, 0.2) is 5.65 Å². The van der Waals surface area contributed by atoms with E-state index in [0.29, 0.717) is 17.2 Å². The Bertz CT molecular complexity index is 815. The van der Waals surface area contributed by atoms with Gasteiger partial charge < -0.3 is 11.5 Å². The molecule has 0 spiro atoms. The van der Waals surface area contributed by atoms with Crippen molar-refractivity contribution in [2.24, 2.45) is 0 Å². The number of nitrogens with two attached hydrogens (primary N) is 2. The first-order valence-corrected chi connectivity index (χ1v) is 7.63. The van der Waals surface area contributed by atoms with Crippen molar-refractivity contribution in [3.8, 4) is 11.1 Å². The van der Waals surface area contributed by atoms with Gasteiger partial charge in [0.2, 0.25) is 0 Å². The van der Waals surface area contributed by atoms with Crippen LogP contribution in [0.4, 0.5) is 11.5 Å². The largest absolute Gasteiger partial charge is 0.399 e. The average molecular weight is 309 g/mol. The maximum atomic E-state index is 6.20. The third kappa shape index (κ3) is 3.34. The third-order valence-electron chi connectivity index (χ3n) is 3.25. The van der Waals surface area contributed by atoms with Gasteiger partial charge in [-0.05, 0) is 30.2 Å². The minimum Gasteiger partial charge on any atom is -0.399 e. The van der Waals surface area contributed by atoms with Crippen LogP contribution in [0, 0.1) is 0 Å². The summed E-state index contributed by atoms with van der Waals surface area (Å²) < 4.78 is 1.63. The highest BCUT2D eigenvalue weighted by molar-refractivity contribution is 5.79. The predicted octanol–water partition coefficient (Wildman–Crippen LogP) is 4.01. The molecule has 1 aromatic carbocycles. The average Bonchev–Trinajstić information content (AvgIpc) is 2.95. The molecule has 2 aromatic heterocycles. The van der Waals surface area contributed by atoms with Crippen LogP contribution >= 0.6 is 0 Å². The molecule has 5 nitrogen and oxygen atoms in total. The molecule has 120 valence electrons. The lowest BCUT2D eigenvalue weighted by atomic mass is 10.1. The molecule has 3 rings (SSSR count). The normalized spacial score (nSPS) is 10.2. The minimum absolute atomic E-state index is 0.548. The number of nitrogens with zero attached hydrogens (tertiary/aromatic N) is 3. The number of allylic oxidation sites excluding steroid dienone is 1. The standard InChI is InChI=1S/C15H15N5.C3H8/c1-9(2)12-8-19-20-14(17)13(7-18-15(12)20)10-3-5-11(16)6-4-10;1-3-2/h3-8H,1,16-17H2,2H3;3H2,1-2H3. The van der Waals surface area contributed by atoms with Gasteiger partial charge in [-0.25, -0.2) is 4.98 Å². The Kier molecular flexibility index (Phi) is 5.01. The van der Waals surface area contributed by atoms with Crippen molar-refractivity contribution in [1.29, 1.82) is 0 Å². The van der Waals surface area contributed by atoms with E-state index in [-0.39, 0.29) is 0 Å². The molecule has 0 saturated carbocycles. The second kappa shape index (κ2) is 6.96. The van der Waals surface area contributed by atoms with Crippen molar-refractivity contribution < 1.29 is 0 Å². The molecule has 0 aliphatic carbocycles. The fourth-order valence-electron chi connectivity index (χ4n) is 2.13. The quantitative estimate of drug-likeness (QED) is 0.701. The maximum absolute atomic E-state index is 6.20. The summed E-state index contributed by atoms with van der Waals surface area (Å²) in [5.41, 5.74) is 16.9. The van der Waals surface area contributed by atoms with Gasteiger partial charge in [0, 0.05) is 23.0 Å². The van der Waals surface area contributed by atoms with Gasteiger partial charge in [0.25, 0.3) is 0 Å². The summed E-state index contributed by atoms with van der Waals surface area (Å²) in [6, 6.07) is 7.50. The third-order valence-corrected chi connectivity index (χ3v) is 3.25. The number of benzene rings is 1. The molecule has 2 heterocycles. The molecule has 0 aliphatic heterocycles. The van der Waals surface area contributed by atoms with Crippen LogP contribution in [0.5, 0.6) is 0 Å². The second-order valence-electron chi connectivity index (χ2n) is 5.46. The summed E-state index contributed by atoms with van der Waals surface area (Å²) >= 11 is 0. The van der Waals surface area contributed by atoms with Gasteiger partial charge in [0.1, 0.15) is 5.82 Å². The lowest BCUT2D eigenvalue weighted by Gasteiger charge is -2.08. The van der Waals surface area contributed by atoms with E-state index < -0.39 is 0 Å². The highest BCUT2D eigenvalue weighted by Crippen LogP contribution is 2.28. The molecule has 0 fully saturated rings. The monoisotopic (exact) mass is 309 g/mol. The lowest BCUT2D eigenvalue weighted by Crippen LogP contribution is -2.03. The van der Waals surface area contributed by atoms with E-state index in [0.717, 1.165) is 22.3 Å². The first-order valence-electron chi connectivity index (χ1n) is 7.63. The van der Waals surface area contributed by atoms with Crippen molar-refractivity contribution in [1.82, 2.24) is 14.6 Å². The molecule has 0 bridgehead atoms. The Morgan fingerprint density at radius 1 is 1.13 bits per heavy atom. The first-order chi connectivity index (χ1) is 11.0. The van der Waals surface area contributed by atoms with E-state index in [1.54, 1.807) is 16.9 Å². The highest BCUT2D eigenvalue weighted by Gasteiger charge is 2.12. The molecule has 23 heavy (non-hydrogen) atoms. The van der Waals surface area contributed by atoms with Crippen LogP contribution in [-0.2, 0) is 0 Å². The van der Waals surface area contributed by atoms with Crippen LogP contribution in [0.3, 0.4) is 0 Å². The van der Waals surface area contributed by atoms with Crippen LogP contribution in [0.1, 0.15) is 32.8 Å². The van der Waals surface area contributed by atoms with Crippen molar-refractivity contribution >= 4 is 22.7 Å². The Balaban J connectivity index is 0.000000595. The first kappa shape index (κ1) is 16.5. The van der Waals surface area contributed by atoms with E-state index in [1.807, 2.05) is 31.2 Å². The van der Waals surface area contributed by atoms with Gasteiger partial charge >= 0.3 is 0 Å². The molecule has 3 aromatic rings. The summed E-state index contributed by atoms with van der Waals surface area (Å²) in [5, 5.41) is 4.29. The van der Waals surface area contributed by atoms with Gasteiger partial charge in [-0.3, -0.25) is 0 Å². The summed E-state index contributed by atoms with van der Waals surface area (Å²) in [6.45, 7) is 10.1. The van der Waals surface area contributed by atoms with E-state index in [9.17, 15) is 0 Å². The van der Waals surface area contributed by atoms with Crippen LogP contribution in [0.15, 0.2) is 43.2 Å². The van der Waals surface area contributed by atoms with E-state index >= 15 is 0 Å². The van der Waals surface area contributed by atoms with Crippen molar-refractivity contribution in [2.75, 3.05) is 11.5 Å².